The van der Waals surface area contributed by atoms with Crippen LogP contribution in [0.3, 0.4) is 0 Å². The van der Waals surface area contributed by atoms with Crippen molar-refractivity contribution < 1.29 is 9.84 Å². The maximum atomic E-state index is 8.65. The highest BCUT2D eigenvalue weighted by molar-refractivity contribution is 4.72. The van der Waals surface area contributed by atoms with Gasteiger partial charge in [0.05, 0.1) is 19.3 Å². The molecule has 0 bridgehead atoms. The average Bonchev–Trinajstić information content (AvgIpc) is 2.25. The van der Waals surface area contributed by atoms with Crippen LogP contribution < -0.4 is 0 Å². The standard InChI is InChI=1S/C11H24N2O2/c1-12(2)7-8-13-5-3-11(4-6-13)15-10-9-14/h11,14H,3-10H2,1-2H3. The van der Waals surface area contributed by atoms with Crippen LogP contribution in [-0.4, -0.2) is 74.5 Å². The summed E-state index contributed by atoms with van der Waals surface area (Å²) >= 11 is 0. The number of likely N-dealkylation sites (N-methyl/N-ethyl adjacent to an activating group) is 1. The predicted octanol–water partition coefficient (Wildman–Crippen LogP) is 0.0213. The summed E-state index contributed by atoms with van der Waals surface area (Å²) in [5.74, 6) is 0. The molecule has 1 aliphatic heterocycles. The second-order valence-electron chi connectivity index (χ2n) is 4.44. The summed E-state index contributed by atoms with van der Waals surface area (Å²) in [5.41, 5.74) is 0. The third-order valence-corrected chi connectivity index (χ3v) is 2.84. The highest BCUT2D eigenvalue weighted by atomic mass is 16.5. The van der Waals surface area contributed by atoms with Crippen molar-refractivity contribution in [3.8, 4) is 0 Å². The predicted molar refractivity (Wildman–Crippen MR) is 61.1 cm³/mol. The zero-order valence-electron chi connectivity index (χ0n) is 9.98. The van der Waals surface area contributed by atoms with Crippen LogP contribution in [0.15, 0.2) is 0 Å². The van der Waals surface area contributed by atoms with Crippen molar-refractivity contribution in [2.75, 3.05) is 53.5 Å². The lowest BCUT2D eigenvalue weighted by Gasteiger charge is -2.32. The van der Waals surface area contributed by atoms with Crippen LogP contribution in [0.5, 0.6) is 0 Å². The van der Waals surface area contributed by atoms with Crippen LogP contribution in [0.1, 0.15) is 12.8 Å². The normalized spacial score (nSPS) is 20.0. The van der Waals surface area contributed by atoms with Crippen LogP contribution in [-0.2, 0) is 4.74 Å². The van der Waals surface area contributed by atoms with Crippen molar-refractivity contribution in [3.05, 3.63) is 0 Å². The van der Waals surface area contributed by atoms with E-state index in [2.05, 4.69) is 23.9 Å². The van der Waals surface area contributed by atoms with Crippen molar-refractivity contribution in [3.63, 3.8) is 0 Å². The number of aliphatic hydroxyl groups excluding tert-OH is 1. The molecular weight excluding hydrogens is 192 g/mol. The molecule has 4 nitrogen and oxygen atoms in total. The van der Waals surface area contributed by atoms with Gasteiger partial charge in [0.25, 0.3) is 0 Å². The van der Waals surface area contributed by atoms with Gasteiger partial charge in [-0.05, 0) is 26.9 Å². The number of piperidine rings is 1. The molecule has 15 heavy (non-hydrogen) atoms. The van der Waals surface area contributed by atoms with E-state index < -0.39 is 0 Å². The molecule has 0 amide bonds. The van der Waals surface area contributed by atoms with E-state index in [1.165, 1.54) is 0 Å². The number of rotatable bonds is 6. The van der Waals surface area contributed by atoms with Crippen molar-refractivity contribution in [2.24, 2.45) is 0 Å². The molecular formula is C11H24N2O2. The first-order chi connectivity index (χ1) is 7.22. The van der Waals surface area contributed by atoms with Gasteiger partial charge in [-0.25, -0.2) is 0 Å². The summed E-state index contributed by atoms with van der Waals surface area (Å²) in [6.45, 7) is 5.17. The fraction of sp³-hybridized carbons (Fsp3) is 1.00. The zero-order chi connectivity index (χ0) is 11.1. The number of nitrogens with zero attached hydrogens (tertiary/aromatic N) is 2. The van der Waals surface area contributed by atoms with Gasteiger partial charge >= 0.3 is 0 Å². The summed E-state index contributed by atoms with van der Waals surface area (Å²) in [4.78, 5) is 4.70. The summed E-state index contributed by atoms with van der Waals surface area (Å²) in [6.07, 6.45) is 2.58. The van der Waals surface area contributed by atoms with Crippen molar-refractivity contribution >= 4 is 0 Å². The van der Waals surface area contributed by atoms with Crippen LogP contribution in [0, 0.1) is 0 Å². The van der Waals surface area contributed by atoms with Gasteiger partial charge < -0.3 is 19.6 Å². The summed E-state index contributed by atoms with van der Waals surface area (Å²) in [5, 5.41) is 8.65. The SMILES string of the molecule is CN(C)CCN1CCC(OCCO)CC1. The van der Waals surface area contributed by atoms with Gasteiger partial charge in [-0.1, -0.05) is 0 Å². The second kappa shape index (κ2) is 7.17. The number of ether oxygens (including phenoxy) is 1. The van der Waals surface area contributed by atoms with E-state index in [4.69, 9.17) is 9.84 Å². The Bertz CT molecular complexity index is 157. The molecule has 1 saturated heterocycles. The Morgan fingerprint density at radius 3 is 2.53 bits per heavy atom. The maximum Gasteiger partial charge on any atom is 0.0701 e. The Kier molecular flexibility index (Phi) is 6.17. The lowest BCUT2D eigenvalue weighted by molar-refractivity contribution is -0.00832. The minimum Gasteiger partial charge on any atom is -0.394 e. The highest BCUT2D eigenvalue weighted by Gasteiger charge is 2.18. The van der Waals surface area contributed by atoms with Crippen molar-refractivity contribution in [2.45, 2.75) is 18.9 Å². The third-order valence-electron chi connectivity index (χ3n) is 2.84. The van der Waals surface area contributed by atoms with E-state index in [1.54, 1.807) is 0 Å². The van der Waals surface area contributed by atoms with E-state index >= 15 is 0 Å². The van der Waals surface area contributed by atoms with Gasteiger partial charge in [0, 0.05) is 26.2 Å². The van der Waals surface area contributed by atoms with E-state index in [0.29, 0.717) is 12.7 Å². The van der Waals surface area contributed by atoms with Crippen LogP contribution in [0.4, 0.5) is 0 Å². The minimum atomic E-state index is 0.140. The molecule has 1 aliphatic rings. The Morgan fingerprint density at radius 1 is 1.33 bits per heavy atom. The number of hydrogen-bond donors (Lipinski definition) is 1. The van der Waals surface area contributed by atoms with E-state index in [0.717, 1.165) is 39.0 Å². The summed E-state index contributed by atoms with van der Waals surface area (Å²) in [7, 11) is 4.22. The molecule has 4 heteroatoms. The lowest BCUT2D eigenvalue weighted by atomic mass is 10.1. The highest BCUT2D eigenvalue weighted by Crippen LogP contribution is 2.12. The molecule has 0 aromatic heterocycles. The Balaban J connectivity index is 2.07. The summed E-state index contributed by atoms with van der Waals surface area (Å²) in [6, 6.07) is 0. The first-order valence-corrected chi connectivity index (χ1v) is 5.82. The fourth-order valence-corrected chi connectivity index (χ4v) is 1.86. The van der Waals surface area contributed by atoms with Crippen LogP contribution in [0.2, 0.25) is 0 Å². The lowest BCUT2D eigenvalue weighted by Crippen LogP contribution is -2.40. The topological polar surface area (TPSA) is 35.9 Å². The smallest absolute Gasteiger partial charge is 0.0701 e. The fourth-order valence-electron chi connectivity index (χ4n) is 1.86. The van der Waals surface area contributed by atoms with E-state index in [1.807, 2.05) is 0 Å². The molecule has 0 aliphatic carbocycles. The average molecular weight is 216 g/mol. The molecule has 0 saturated carbocycles. The monoisotopic (exact) mass is 216 g/mol. The molecule has 0 unspecified atom stereocenters. The molecule has 1 fully saturated rings. The van der Waals surface area contributed by atoms with Gasteiger partial charge in [-0.2, -0.15) is 0 Å². The minimum absolute atomic E-state index is 0.140. The Hall–Kier alpha value is -0.160. The van der Waals surface area contributed by atoms with Crippen molar-refractivity contribution in [1.29, 1.82) is 0 Å². The van der Waals surface area contributed by atoms with Gasteiger partial charge in [0.1, 0.15) is 0 Å². The second-order valence-corrected chi connectivity index (χ2v) is 4.44. The molecule has 0 spiro atoms. The Morgan fingerprint density at radius 2 is 2.00 bits per heavy atom. The largest absolute Gasteiger partial charge is 0.394 e. The number of likely N-dealkylation sites (tertiary alicyclic amines) is 1. The molecule has 1 N–H and O–H groups in total. The molecule has 1 rings (SSSR count). The van der Waals surface area contributed by atoms with Gasteiger partial charge in [-0.3, -0.25) is 0 Å². The molecule has 0 aromatic rings. The zero-order valence-corrected chi connectivity index (χ0v) is 9.98. The third kappa shape index (κ3) is 5.47. The molecule has 1 heterocycles. The van der Waals surface area contributed by atoms with E-state index in [-0.39, 0.29) is 6.61 Å². The van der Waals surface area contributed by atoms with Gasteiger partial charge in [0.15, 0.2) is 0 Å². The van der Waals surface area contributed by atoms with E-state index in [9.17, 15) is 0 Å². The van der Waals surface area contributed by atoms with Crippen LogP contribution in [0.25, 0.3) is 0 Å². The van der Waals surface area contributed by atoms with Crippen molar-refractivity contribution in [1.82, 2.24) is 9.80 Å². The number of aliphatic hydroxyl groups is 1. The maximum absolute atomic E-state index is 8.65. The van der Waals surface area contributed by atoms with Crippen LogP contribution >= 0.6 is 0 Å². The molecule has 90 valence electrons. The molecule has 0 aromatic carbocycles. The molecule has 0 radical (unpaired) electrons. The van der Waals surface area contributed by atoms with Gasteiger partial charge in [-0.15, -0.1) is 0 Å². The first kappa shape index (κ1) is 12.9. The quantitative estimate of drug-likeness (QED) is 0.679. The first-order valence-electron chi connectivity index (χ1n) is 5.82. The summed E-state index contributed by atoms with van der Waals surface area (Å²) < 4.78 is 5.52. The van der Waals surface area contributed by atoms with Gasteiger partial charge in [0.2, 0.25) is 0 Å². The molecule has 0 atom stereocenters. The number of hydrogen-bond acceptors (Lipinski definition) is 4. The Labute approximate surface area is 92.8 Å².